The number of hydrogen-bond donors (Lipinski definition) is 0. The molecule has 0 fully saturated rings. The van der Waals surface area contributed by atoms with E-state index < -0.39 is 0 Å². The molecule has 0 heterocycles. The Morgan fingerprint density at radius 3 is 1.31 bits per heavy atom. The molecule has 0 bridgehead atoms. The Hall–Kier alpha value is -0.391. The van der Waals surface area contributed by atoms with Crippen molar-refractivity contribution in [1.82, 2.24) is 0 Å². The molecule has 0 saturated carbocycles. The topological polar surface area (TPSA) is 0 Å². The maximum absolute atomic E-state index is 3.24. The van der Waals surface area contributed by atoms with Crippen LogP contribution in [0.4, 0.5) is 0 Å². The number of aryl methyl sites for hydroxylation is 2. The molecule has 0 spiro atoms. The monoisotopic (exact) mass is 282 g/mol. The summed E-state index contributed by atoms with van der Waals surface area (Å²) in [5.74, 6) is 0. The predicted octanol–water partition coefficient (Wildman–Crippen LogP) is 3.57. The van der Waals surface area contributed by atoms with Crippen LogP contribution in [0.1, 0.15) is 11.1 Å². The van der Waals surface area contributed by atoms with Crippen LogP contribution in [0.2, 0.25) is 0 Å². The number of hydrogen-bond acceptors (Lipinski definition) is 0. The normalized spacial score (nSPS) is 8.88. The van der Waals surface area contributed by atoms with Gasteiger partial charge in [-0.2, -0.15) is 48.5 Å². The molecule has 2 aromatic carbocycles. The fourth-order valence-electron chi connectivity index (χ4n) is 1.34. The van der Waals surface area contributed by atoms with Crippen molar-refractivity contribution in [3.63, 3.8) is 0 Å². The fourth-order valence-corrected chi connectivity index (χ4v) is 1.34. The molecule has 2 radical (unpaired) electrons. The predicted molar refractivity (Wildman–Crippen MR) is 59.0 cm³/mol. The zero-order chi connectivity index (χ0) is 9.97. The summed E-state index contributed by atoms with van der Waals surface area (Å²) in [5.41, 5.74) is 4.69. The third kappa shape index (κ3) is 3.88. The zero-order valence-electron chi connectivity index (χ0n) is 9.36. The first-order chi connectivity index (χ1) is 6.75. The van der Waals surface area contributed by atoms with E-state index in [1.165, 1.54) is 11.1 Å². The first-order valence-electron chi connectivity index (χ1n) is 4.73. The van der Waals surface area contributed by atoms with Crippen LogP contribution in [0.5, 0.6) is 0 Å². The summed E-state index contributed by atoms with van der Waals surface area (Å²) >= 11 is 0. The second kappa shape index (κ2) is 7.04. The molecule has 0 aliphatic heterocycles. The van der Waals surface area contributed by atoms with Gasteiger partial charge >= 0.3 is 0 Å². The maximum atomic E-state index is 3.24. The van der Waals surface area contributed by atoms with Gasteiger partial charge in [0.2, 0.25) is 0 Å². The summed E-state index contributed by atoms with van der Waals surface area (Å²) < 4.78 is 0. The van der Waals surface area contributed by atoms with Gasteiger partial charge < -0.3 is 0 Å². The molecule has 0 aliphatic rings. The first-order valence-corrected chi connectivity index (χ1v) is 4.73. The Morgan fingerprint density at radius 1 is 0.688 bits per heavy atom. The molecule has 0 nitrogen and oxygen atoms in total. The summed E-state index contributed by atoms with van der Waals surface area (Å²) in [6.07, 6.45) is 0. The minimum Gasteiger partial charge on any atom is -0.226 e. The second-order valence-corrected chi connectivity index (χ2v) is 3.56. The van der Waals surface area contributed by atoms with E-state index in [0.29, 0.717) is 0 Å². The van der Waals surface area contributed by atoms with E-state index >= 15 is 0 Å². The molecule has 0 saturated heterocycles. The third-order valence-electron chi connectivity index (χ3n) is 2.23. The quantitative estimate of drug-likeness (QED) is 0.701. The van der Waals surface area contributed by atoms with E-state index in [-0.39, 0.29) is 37.1 Å². The Bertz CT molecular complexity index is 372. The van der Waals surface area contributed by atoms with Gasteiger partial charge in [0.15, 0.2) is 0 Å². The zero-order valence-corrected chi connectivity index (χ0v) is 12.2. The Kier molecular flexibility index (Phi) is 6.86. The fraction of sp³-hybridized carbons (Fsp3) is 0.143. The van der Waals surface area contributed by atoms with Crippen LogP contribution in [0, 0.1) is 26.0 Å². The van der Waals surface area contributed by atoms with Crippen LogP contribution in [-0.2, 0) is 37.1 Å². The molecule has 2 rings (SSSR count). The second-order valence-electron chi connectivity index (χ2n) is 3.56. The minimum atomic E-state index is 0. The molecule has 0 aliphatic carbocycles. The van der Waals surface area contributed by atoms with E-state index in [4.69, 9.17) is 0 Å². The van der Waals surface area contributed by atoms with Crippen LogP contribution in [0.3, 0.4) is 0 Å². The molecule has 2 heteroatoms. The molecule has 0 unspecified atom stereocenters. The van der Waals surface area contributed by atoms with Gasteiger partial charge in [-0.25, -0.2) is 11.1 Å². The Labute approximate surface area is 121 Å². The van der Waals surface area contributed by atoms with Crippen LogP contribution >= 0.6 is 0 Å². The number of rotatable bonds is 1. The third-order valence-corrected chi connectivity index (χ3v) is 2.23. The van der Waals surface area contributed by atoms with Crippen LogP contribution < -0.4 is 0 Å². The summed E-state index contributed by atoms with van der Waals surface area (Å²) in [5, 5.41) is 0. The van der Waals surface area contributed by atoms with Gasteiger partial charge in [0.1, 0.15) is 0 Å². The molecule has 80 valence electrons. The van der Waals surface area contributed by atoms with Crippen LogP contribution in [-0.4, -0.2) is 0 Å². The van der Waals surface area contributed by atoms with E-state index in [1.54, 1.807) is 0 Å². The molecule has 0 N–H and O–H groups in total. The SMILES string of the molecule is Cc1c[c-]c(-c2[c-]cc(C)cc2)cc1.[V].[V]. The molecule has 0 atom stereocenters. The van der Waals surface area contributed by atoms with Crippen molar-refractivity contribution < 1.29 is 37.1 Å². The summed E-state index contributed by atoms with van der Waals surface area (Å²) in [7, 11) is 0. The number of benzene rings is 2. The Morgan fingerprint density at radius 2 is 1.06 bits per heavy atom. The van der Waals surface area contributed by atoms with Gasteiger partial charge in [-0.3, -0.25) is 0 Å². The Balaban J connectivity index is 0.00000112. The van der Waals surface area contributed by atoms with Crippen molar-refractivity contribution in [3.05, 3.63) is 59.7 Å². The maximum Gasteiger partial charge on any atom is 0 e. The van der Waals surface area contributed by atoms with Gasteiger partial charge in [-0.05, 0) is 0 Å². The first kappa shape index (κ1) is 15.6. The van der Waals surface area contributed by atoms with Crippen molar-refractivity contribution in [2.75, 3.05) is 0 Å². The molecule has 2 aromatic rings. The van der Waals surface area contributed by atoms with Crippen molar-refractivity contribution in [1.29, 1.82) is 0 Å². The summed E-state index contributed by atoms with van der Waals surface area (Å²) in [6, 6.07) is 18.8. The standard InChI is InChI=1S/C14H12.2V/c1-11-3-7-13(8-4-11)14-9-5-12(2)6-10-14;;/h3-7,9H,1-2H3;;/q-2;;. The van der Waals surface area contributed by atoms with Crippen molar-refractivity contribution in [2.45, 2.75) is 13.8 Å². The molecule has 0 aromatic heterocycles. The molecule has 16 heavy (non-hydrogen) atoms. The molecular weight excluding hydrogens is 270 g/mol. The van der Waals surface area contributed by atoms with Gasteiger partial charge in [0, 0.05) is 37.1 Å². The molecule has 0 amide bonds. The van der Waals surface area contributed by atoms with E-state index in [0.717, 1.165) is 11.1 Å². The largest absolute Gasteiger partial charge is 0.226 e. The van der Waals surface area contributed by atoms with Crippen molar-refractivity contribution >= 4 is 0 Å². The van der Waals surface area contributed by atoms with Gasteiger partial charge in [-0.15, -0.1) is 11.1 Å². The van der Waals surface area contributed by atoms with E-state index in [9.17, 15) is 0 Å². The average molecular weight is 282 g/mol. The van der Waals surface area contributed by atoms with E-state index in [1.807, 2.05) is 12.1 Å². The van der Waals surface area contributed by atoms with Crippen molar-refractivity contribution in [3.8, 4) is 11.1 Å². The van der Waals surface area contributed by atoms with Gasteiger partial charge in [0.25, 0.3) is 0 Å². The van der Waals surface area contributed by atoms with Crippen molar-refractivity contribution in [2.24, 2.45) is 0 Å². The van der Waals surface area contributed by atoms with Gasteiger partial charge in [-0.1, -0.05) is 13.8 Å². The summed E-state index contributed by atoms with van der Waals surface area (Å²) in [6.45, 7) is 4.14. The van der Waals surface area contributed by atoms with Crippen LogP contribution in [0.25, 0.3) is 11.1 Å². The minimum absolute atomic E-state index is 0. The smallest absolute Gasteiger partial charge is 0 e. The van der Waals surface area contributed by atoms with E-state index in [2.05, 4.69) is 50.2 Å². The summed E-state index contributed by atoms with van der Waals surface area (Å²) in [4.78, 5) is 0. The average Bonchev–Trinajstić information content (AvgIpc) is 2.21. The molecular formula is C14H12V2-2. The van der Waals surface area contributed by atoms with Gasteiger partial charge in [0.05, 0.1) is 0 Å². The van der Waals surface area contributed by atoms with Crippen LogP contribution in [0.15, 0.2) is 36.4 Å².